The molecule has 0 spiro atoms. The van der Waals surface area contributed by atoms with E-state index in [4.69, 9.17) is 5.73 Å². The van der Waals surface area contributed by atoms with Crippen molar-refractivity contribution < 1.29 is 22.0 Å². The quantitative estimate of drug-likeness (QED) is 0.660. The third-order valence-corrected chi connectivity index (χ3v) is 2.80. The van der Waals surface area contributed by atoms with Crippen LogP contribution in [0.5, 0.6) is 0 Å². The van der Waals surface area contributed by atoms with E-state index in [9.17, 15) is 22.0 Å². The largest absolute Gasteiger partial charge is 0.389 e. The molecule has 0 saturated heterocycles. The number of nitrogens with two attached hydrogens (primary N) is 1. The number of halogens is 6. The van der Waals surface area contributed by atoms with Crippen LogP contribution in [0.1, 0.15) is 24.4 Å². The van der Waals surface area contributed by atoms with Crippen molar-refractivity contribution in [1.29, 1.82) is 0 Å². The van der Waals surface area contributed by atoms with Gasteiger partial charge in [0, 0.05) is 18.0 Å². The summed E-state index contributed by atoms with van der Waals surface area (Å²) in [7, 11) is 0. The number of hydrogen-bond acceptors (Lipinski definition) is 1. The van der Waals surface area contributed by atoms with Crippen molar-refractivity contribution in [1.82, 2.24) is 0 Å². The van der Waals surface area contributed by atoms with Crippen molar-refractivity contribution in [2.24, 2.45) is 5.73 Å². The molecule has 0 amide bonds. The van der Waals surface area contributed by atoms with Crippen LogP contribution in [0.15, 0.2) is 16.6 Å². The molecule has 0 heterocycles. The summed E-state index contributed by atoms with van der Waals surface area (Å²) in [6, 6.07) is 0.759. The zero-order chi connectivity index (χ0) is 13.2. The fourth-order valence-corrected chi connectivity index (χ4v) is 1.69. The highest BCUT2D eigenvalue weighted by Crippen LogP contribution is 2.31. The molecule has 0 aliphatic heterocycles. The van der Waals surface area contributed by atoms with E-state index in [1.54, 1.807) is 0 Å². The van der Waals surface area contributed by atoms with Crippen LogP contribution in [0.25, 0.3) is 0 Å². The average molecular weight is 318 g/mol. The van der Waals surface area contributed by atoms with E-state index in [2.05, 4.69) is 15.9 Å². The molecule has 0 aromatic heterocycles. The zero-order valence-electron chi connectivity index (χ0n) is 8.49. The lowest BCUT2D eigenvalue weighted by Gasteiger charge is -2.15. The van der Waals surface area contributed by atoms with Crippen molar-refractivity contribution in [2.45, 2.75) is 25.1 Å². The highest BCUT2D eigenvalue weighted by molar-refractivity contribution is 9.10. The average Bonchev–Trinajstić information content (AvgIpc) is 2.20. The van der Waals surface area contributed by atoms with Crippen molar-refractivity contribution in [3.63, 3.8) is 0 Å². The van der Waals surface area contributed by atoms with Gasteiger partial charge in [-0.3, -0.25) is 0 Å². The first-order valence-corrected chi connectivity index (χ1v) is 5.47. The summed E-state index contributed by atoms with van der Waals surface area (Å²) in [5, 5.41) is 0. The van der Waals surface area contributed by atoms with E-state index in [0.29, 0.717) is 0 Å². The van der Waals surface area contributed by atoms with Crippen LogP contribution in [0.4, 0.5) is 22.0 Å². The molecule has 0 aliphatic rings. The van der Waals surface area contributed by atoms with Crippen LogP contribution in [-0.4, -0.2) is 6.18 Å². The van der Waals surface area contributed by atoms with Gasteiger partial charge in [-0.05, 0) is 34.5 Å². The first kappa shape index (κ1) is 14.4. The molecular formula is C10H9BrF5N. The maximum atomic E-state index is 13.5. The summed E-state index contributed by atoms with van der Waals surface area (Å²) >= 11 is 2.82. The monoisotopic (exact) mass is 317 g/mol. The summed E-state index contributed by atoms with van der Waals surface area (Å²) in [4.78, 5) is 0. The highest BCUT2D eigenvalue weighted by Gasteiger charge is 2.29. The van der Waals surface area contributed by atoms with E-state index in [-0.39, 0.29) is 4.47 Å². The second-order valence-corrected chi connectivity index (χ2v) is 4.37. The molecular weight excluding hydrogens is 309 g/mol. The molecule has 0 fully saturated rings. The van der Waals surface area contributed by atoms with Gasteiger partial charge in [0.1, 0.15) is 11.6 Å². The molecule has 1 atom stereocenters. The fraction of sp³-hybridized carbons (Fsp3) is 0.400. The Bertz CT molecular complexity index is 404. The van der Waals surface area contributed by atoms with E-state index in [1.165, 1.54) is 0 Å². The van der Waals surface area contributed by atoms with Gasteiger partial charge in [0.25, 0.3) is 0 Å². The lowest BCUT2D eigenvalue weighted by Crippen LogP contribution is -2.18. The molecule has 0 bridgehead atoms. The Morgan fingerprint density at radius 2 is 1.82 bits per heavy atom. The standard InChI is InChI=1S/C10H9BrF5N/c11-5-1-2-6(12)8(9(5)13)7(17)3-4-10(14,15)16/h1-2,7H,3-4,17H2. The van der Waals surface area contributed by atoms with E-state index in [1.807, 2.05) is 0 Å². The van der Waals surface area contributed by atoms with Crippen LogP contribution in [0.2, 0.25) is 0 Å². The van der Waals surface area contributed by atoms with E-state index >= 15 is 0 Å². The number of benzene rings is 1. The minimum Gasteiger partial charge on any atom is -0.324 e. The van der Waals surface area contributed by atoms with Gasteiger partial charge in [-0.25, -0.2) is 8.78 Å². The Labute approximate surface area is 103 Å². The maximum absolute atomic E-state index is 13.5. The molecule has 0 aliphatic carbocycles. The Hall–Kier alpha value is -0.690. The third kappa shape index (κ3) is 3.92. The zero-order valence-corrected chi connectivity index (χ0v) is 10.1. The molecule has 1 aromatic rings. The van der Waals surface area contributed by atoms with E-state index < -0.39 is 42.3 Å². The first-order valence-electron chi connectivity index (χ1n) is 4.68. The van der Waals surface area contributed by atoms with Crippen molar-refractivity contribution in [2.75, 3.05) is 0 Å². The van der Waals surface area contributed by atoms with Gasteiger partial charge in [-0.1, -0.05) is 0 Å². The van der Waals surface area contributed by atoms with Gasteiger partial charge < -0.3 is 5.73 Å². The van der Waals surface area contributed by atoms with Crippen molar-refractivity contribution in [3.05, 3.63) is 33.8 Å². The predicted molar refractivity (Wildman–Crippen MR) is 56.3 cm³/mol. The summed E-state index contributed by atoms with van der Waals surface area (Å²) in [6.45, 7) is 0. The van der Waals surface area contributed by atoms with Gasteiger partial charge >= 0.3 is 6.18 Å². The topological polar surface area (TPSA) is 26.0 Å². The minimum absolute atomic E-state index is 0.0311. The lowest BCUT2D eigenvalue weighted by atomic mass is 10.0. The highest BCUT2D eigenvalue weighted by atomic mass is 79.9. The molecule has 1 nitrogen and oxygen atoms in total. The molecule has 1 aromatic carbocycles. The van der Waals surface area contributed by atoms with Gasteiger partial charge in [-0.2, -0.15) is 13.2 Å². The fourth-order valence-electron chi connectivity index (χ4n) is 1.35. The third-order valence-electron chi connectivity index (χ3n) is 2.19. The second kappa shape index (κ2) is 5.30. The van der Waals surface area contributed by atoms with Gasteiger partial charge in [-0.15, -0.1) is 0 Å². The lowest BCUT2D eigenvalue weighted by molar-refractivity contribution is -0.136. The molecule has 0 saturated carbocycles. The summed E-state index contributed by atoms with van der Waals surface area (Å²) in [5.74, 6) is -1.90. The van der Waals surface area contributed by atoms with Gasteiger partial charge in [0.2, 0.25) is 0 Å². The summed E-state index contributed by atoms with van der Waals surface area (Å²) in [6.07, 6.45) is -6.13. The second-order valence-electron chi connectivity index (χ2n) is 3.52. The van der Waals surface area contributed by atoms with Crippen LogP contribution in [0.3, 0.4) is 0 Å². The molecule has 1 unspecified atom stereocenters. The van der Waals surface area contributed by atoms with Crippen LogP contribution < -0.4 is 5.73 Å². The van der Waals surface area contributed by atoms with Crippen LogP contribution >= 0.6 is 15.9 Å². The Kier molecular flexibility index (Phi) is 4.48. The molecule has 2 N–H and O–H groups in total. The molecule has 1 rings (SSSR count). The van der Waals surface area contributed by atoms with Crippen LogP contribution in [-0.2, 0) is 0 Å². The van der Waals surface area contributed by atoms with Crippen molar-refractivity contribution in [3.8, 4) is 0 Å². The predicted octanol–water partition coefficient (Wildman–Crippen LogP) is 4.07. The van der Waals surface area contributed by atoms with Crippen molar-refractivity contribution >= 4 is 15.9 Å². The maximum Gasteiger partial charge on any atom is 0.389 e. The molecule has 96 valence electrons. The smallest absolute Gasteiger partial charge is 0.324 e. The van der Waals surface area contributed by atoms with Crippen LogP contribution in [0, 0.1) is 11.6 Å². The van der Waals surface area contributed by atoms with Gasteiger partial charge in [0.05, 0.1) is 4.47 Å². The summed E-state index contributed by atoms with van der Waals surface area (Å²) in [5.41, 5.74) is 4.85. The number of hydrogen-bond donors (Lipinski definition) is 1. The molecule has 0 radical (unpaired) electrons. The SMILES string of the molecule is NC(CCC(F)(F)F)c1c(F)ccc(Br)c1F. The number of rotatable bonds is 3. The normalized spacial score (nSPS) is 13.8. The minimum atomic E-state index is -4.39. The van der Waals surface area contributed by atoms with Gasteiger partial charge in [0.15, 0.2) is 0 Å². The Morgan fingerprint density at radius 1 is 1.24 bits per heavy atom. The Balaban J connectivity index is 2.89. The summed E-state index contributed by atoms with van der Waals surface area (Å²) < 4.78 is 62.6. The molecule has 7 heteroatoms. The first-order chi connectivity index (χ1) is 7.72. The number of alkyl halides is 3. The molecule has 17 heavy (non-hydrogen) atoms. The Morgan fingerprint density at radius 3 is 2.35 bits per heavy atom. The van der Waals surface area contributed by atoms with E-state index in [0.717, 1.165) is 12.1 Å².